The first-order valence-corrected chi connectivity index (χ1v) is 7.09. The average Bonchev–Trinajstić information content (AvgIpc) is 2.73. The number of nitrogens with one attached hydrogen (secondary N) is 1. The van der Waals surface area contributed by atoms with Gasteiger partial charge in [0, 0.05) is 20.1 Å². The number of aromatic nitrogens is 2. The summed E-state index contributed by atoms with van der Waals surface area (Å²) in [5.74, 6) is -0.384. The highest BCUT2D eigenvalue weighted by Crippen LogP contribution is 2.10. The third-order valence-electron chi connectivity index (χ3n) is 3.41. The van der Waals surface area contributed by atoms with Gasteiger partial charge in [-0.1, -0.05) is 0 Å². The lowest BCUT2D eigenvalue weighted by Crippen LogP contribution is -2.51. The molecule has 1 aromatic rings. The van der Waals surface area contributed by atoms with E-state index in [0.29, 0.717) is 18.8 Å². The Balaban J connectivity index is 1.89. The Hall–Kier alpha value is -1.89. The van der Waals surface area contributed by atoms with Crippen molar-refractivity contribution in [2.75, 3.05) is 19.6 Å². The molecule has 21 heavy (non-hydrogen) atoms. The second kappa shape index (κ2) is 6.26. The zero-order valence-corrected chi connectivity index (χ0v) is 12.9. The molecular formula is C14H22N4O3. The summed E-state index contributed by atoms with van der Waals surface area (Å²) >= 11 is 0. The number of aryl methyl sites for hydroxylation is 2. The molecule has 116 valence electrons. The number of hydrogen-bond acceptors (Lipinski definition) is 4. The molecule has 0 radical (unpaired) electrons. The van der Waals surface area contributed by atoms with Gasteiger partial charge in [0.05, 0.1) is 24.4 Å². The molecule has 1 N–H and O–H groups in total. The molecule has 2 atom stereocenters. The fourth-order valence-electron chi connectivity index (χ4n) is 2.56. The normalized spacial score (nSPS) is 22.2. The number of ether oxygens (including phenoxy) is 1. The molecule has 2 rings (SSSR count). The number of amides is 2. The van der Waals surface area contributed by atoms with Gasteiger partial charge in [-0.25, -0.2) is 0 Å². The number of nitrogens with zero attached hydrogens (tertiary/aromatic N) is 3. The van der Waals surface area contributed by atoms with E-state index in [1.807, 2.05) is 20.8 Å². The summed E-state index contributed by atoms with van der Waals surface area (Å²) in [5, 5.41) is 6.76. The van der Waals surface area contributed by atoms with Crippen LogP contribution >= 0.6 is 0 Å². The molecule has 0 aromatic carbocycles. The van der Waals surface area contributed by atoms with Crippen molar-refractivity contribution >= 4 is 11.8 Å². The quantitative estimate of drug-likeness (QED) is 0.857. The van der Waals surface area contributed by atoms with Crippen LogP contribution in [0, 0.1) is 6.92 Å². The molecule has 1 aliphatic heterocycles. The van der Waals surface area contributed by atoms with Crippen molar-refractivity contribution in [3.05, 3.63) is 17.5 Å². The van der Waals surface area contributed by atoms with E-state index >= 15 is 0 Å². The van der Waals surface area contributed by atoms with Gasteiger partial charge in [0.15, 0.2) is 0 Å². The molecular weight excluding hydrogens is 272 g/mol. The predicted octanol–water partition coefficient (Wildman–Crippen LogP) is 0.0941. The Morgan fingerprint density at radius 2 is 2.00 bits per heavy atom. The highest BCUT2D eigenvalue weighted by atomic mass is 16.5. The maximum atomic E-state index is 12.1. The molecule has 1 fully saturated rings. The summed E-state index contributed by atoms with van der Waals surface area (Å²) in [6, 6.07) is 1.69. The van der Waals surface area contributed by atoms with E-state index in [9.17, 15) is 9.59 Å². The fourth-order valence-corrected chi connectivity index (χ4v) is 2.56. The Morgan fingerprint density at radius 3 is 2.52 bits per heavy atom. The topological polar surface area (TPSA) is 76.5 Å². The van der Waals surface area contributed by atoms with Crippen LogP contribution in [0.4, 0.5) is 0 Å². The van der Waals surface area contributed by atoms with Gasteiger partial charge in [0.2, 0.25) is 5.91 Å². The lowest BCUT2D eigenvalue weighted by atomic mass is 10.2. The maximum Gasteiger partial charge on any atom is 0.269 e. The number of hydrogen-bond donors (Lipinski definition) is 1. The molecule has 0 spiro atoms. The van der Waals surface area contributed by atoms with Crippen LogP contribution in [0.3, 0.4) is 0 Å². The van der Waals surface area contributed by atoms with E-state index in [1.54, 1.807) is 18.0 Å². The molecule has 1 aliphatic rings. The maximum absolute atomic E-state index is 12.1. The predicted molar refractivity (Wildman–Crippen MR) is 76.9 cm³/mol. The lowest BCUT2D eigenvalue weighted by Gasteiger charge is -2.35. The first-order chi connectivity index (χ1) is 9.86. The third kappa shape index (κ3) is 3.81. The third-order valence-corrected chi connectivity index (χ3v) is 3.41. The van der Waals surface area contributed by atoms with E-state index < -0.39 is 0 Å². The van der Waals surface area contributed by atoms with Crippen molar-refractivity contribution in [2.45, 2.75) is 33.0 Å². The Bertz CT molecular complexity index is 530. The minimum absolute atomic E-state index is 0.0114. The second-order valence-corrected chi connectivity index (χ2v) is 5.53. The van der Waals surface area contributed by atoms with Crippen LogP contribution in [0.25, 0.3) is 0 Å². The number of rotatable bonds is 3. The largest absolute Gasteiger partial charge is 0.372 e. The van der Waals surface area contributed by atoms with Crippen molar-refractivity contribution in [3.8, 4) is 0 Å². The Labute approximate surface area is 124 Å². The summed E-state index contributed by atoms with van der Waals surface area (Å²) < 4.78 is 7.10. The SMILES string of the molecule is Cc1cc(C(=O)NCC(=O)N2C[C@H](C)O[C@@H](C)C2)n(C)n1. The molecule has 7 heteroatoms. The summed E-state index contributed by atoms with van der Waals surface area (Å²) in [6.45, 7) is 6.80. The van der Waals surface area contributed by atoms with Crippen molar-refractivity contribution in [2.24, 2.45) is 7.05 Å². The fraction of sp³-hybridized carbons (Fsp3) is 0.643. The highest BCUT2D eigenvalue weighted by molar-refractivity contribution is 5.95. The van der Waals surface area contributed by atoms with E-state index in [1.165, 1.54) is 4.68 Å². The van der Waals surface area contributed by atoms with Gasteiger partial charge in [-0.2, -0.15) is 5.10 Å². The number of morpholine rings is 1. The van der Waals surface area contributed by atoms with Crippen molar-refractivity contribution < 1.29 is 14.3 Å². The van der Waals surface area contributed by atoms with Gasteiger partial charge < -0.3 is 15.0 Å². The molecule has 0 saturated carbocycles. The lowest BCUT2D eigenvalue weighted by molar-refractivity contribution is -0.142. The smallest absolute Gasteiger partial charge is 0.269 e. The number of carbonyl (C=O) groups is 2. The van der Waals surface area contributed by atoms with Crippen LogP contribution in [0.5, 0.6) is 0 Å². The summed E-state index contributed by atoms with van der Waals surface area (Å²) in [7, 11) is 1.70. The Morgan fingerprint density at radius 1 is 1.38 bits per heavy atom. The molecule has 2 amide bonds. The van der Waals surface area contributed by atoms with E-state index in [4.69, 9.17) is 4.74 Å². The molecule has 0 unspecified atom stereocenters. The van der Waals surface area contributed by atoms with Crippen LogP contribution in [0.2, 0.25) is 0 Å². The summed E-state index contributed by atoms with van der Waals surface area (Å²) in [5.41, 5.74) is 1.22. The van der Waals surface area contributed by atoms with Crippen molar-refractivity contribution in [1.82, 2.24) is 20.0 Å². The second-order valence-electron chi connectivity index (χ2n) is 5.53. The molecule has 1 saturated heterocycles. The average molecular weight is 294 g/mol. The van der Waals surface area contributed by atoms with Gasteiger partial charge >= 0.3 is 0 Å². The van der Waals surface area contributed by atoms with Gasteiger partial charge in [-0.15, -0.1) is 0 Å². The van der Waals surface area contributed by atoms with E-state index in [0.717, 1.165) is 5.69 Å². The zero-order chi connectivity index (χ0) is 15.6. The first-order valence-electron chi connectivity index (χ1n) is 7.09. The molecule has 2 heterocycles. The minimum atomic E-state index is -0.291. The van der Waals surface area contributed by atoms with Gasteiger partial charge in [0.1, 0.15) is 5.69 Å². The van der Waals surface area contributed by atoms with Crippen LogP contribution in [0.1, 0.15) is 30.0 Å². The van der Waals surface area contributed by atoms with E-state index in [-0.39, 0.29) is 30.6 Å². The van der Waals surface area contributed by atoms with Gasteiger partial charge in [-0.3, -0.25) is 14.3 Å². The zero-order valence-electron chi connectivity index (χ0n) is 12.9. The van der Waals surface area contributed by atoms with E-state index in [2.05, 4.69) is 10.4 Å². The monoisotopic (exact) mass is 294 g/mol. The van der Waals surface area contributed by atoms with Crippen LogP contribution < -0.4 is 5.32 Å². The van der Waals surface area contributed by atoms with Crippen molar-refractivity contribution in [1.29, 1.82) is 0 Å². The van der Waals surface area contributed by atoms with Crippen LogP contribution in [-0.4, -0.2) is 58.3 Å². The Kier molecular flexibility index (Phi) is 4.62. The van der Waals surface area contributed by atoms with Crippen molar-refractivity contribution in [3.63, 3.8) is 0 Å². The molecule has 0 bridgehead atoms. The van der Waals surface area contributed by atoms with Gasteiger partial charge in [-0.05, 0) is 26.8 Å². The summed E-state index contributed by atoms with van der Waals surface area (Å²) in [6.07, 6.45) is 0.0428. The minimum Gasteiger partial charge on any atom is -0.372 e. The number of carbonyl (C=O) groups excluding carboxylic acids is 2. The standard InChI is InChI=1S/C14H22N4O3/c1-9-5-12(17(4)16-9)14(20)15-6-13(19)18-7-10(2)21-11(3)8-18/h5,10-11H,6-8H2,1-4H3,(H,15,20)/t10-,11-/m0/s1. The molecule has 1 aromatic heterocycles. The molecule has 7 nitrogen and oxygen atoms in total. The molecule has 0 aliphatic carbocycles. The van der Waals surface area contributed by atoms with Gasteiger partial charge in [0.25, 0.3) is 5.91 Å². The van der Waals surface area contributed by atoms with Crippen LogP contribution in [0.15, 0.2) is 6.07 Å². The first kappa shape index (κ1) is 15.5. The summed E-state index contributed by atoms with van der Waals surface area (Å²) in [4.78, 5) is 25.9. The highest BCUT2D eigenvalue weighted by Gasteiger charge is 2.26. The van der Waals surface area contributed by atoms with Crippen LogP contribution in [-0.2, 0) is 16.6 Å².